The van der Waals surface area contributed by atoms with E-state index in [1.165, 1.54) is 5.41 Å². The van der Waals surface area contributed by atoms with Crippen LogP contribution in [0.25, 0.3) is 0 Å². The van der Waals surface area contributed by atoms with Crippen LogP contribution in [0, 0.1) is 5.41 Å². The Labute approximate surface area is 92.9 Å². The van der Waals surface area contributed by atoms with Crippen LogP contribution in [0.4, 0.5) is 0 Å². The number of hydrogen-bond donors (Lipinski definition) is 6. The van der Waals surface area contributed by atoms with Crippen molar-refractivity contribution >= 4 is 18.6 Å². The van der Waals surface area contributed by atoms with Crippen molar-refractivity contribution in [2.45, 2.75) is 0 Å². The van der Waals surface area contributed by atoms with Crippen LogP contribution in [0.3, 0.4) is 0 Å². The largest absolute Gasteiger partial charge is 0.478 e. The Kier molecular flexibility index (Phi) is 11.1. The van der Waals surface area contributed by atoms with Crippen molar-refractivity contribution in [3.8, 4) is 0 Å². The minimum Gasteiger partial charge on any atom is -0.478 e. The first kappa shape index (κ1) is 16.8. The van der Waals surface area contributed by atoms with Gasteiger partial charge in [-0.25, -0.2) is 4.79 Å². The van der Waals surface area contributed by atoms with Crippen LogP contribution in [-0.2, 0) is 4.79 Å². The summed E-state index contributed by atoms with van der Waals surface area (Å²) in [6.45, 7) is -1.62. The van der Waals surface area contributed by atoms with E-state index in [0.717, 1.165) is 6.08 Å². The van der Waals surface area contributed by atoms with Crippen LogP contribution in [0.15, 0.2) is 11.5 Å². The predicted molar refractivity (Wildman–Crippen MR) is 56.5 cm³/mol. The molecule has 0 aromatic heterocycles. The molecule has 7 heteroatoms. The molecule has 0 aliphatic rings. The molecule has 0 aliphatic carbocycles. The molecule has 0 atom stereocenters. The maximum absolute atomic E-state index is 9.46. The summed E-state index contributed by atoms with van der Waals surface area (Å²) in [6.07, 6.45) is 0.948. The summed E-state index contributed by atoms with van der Waals surface area (Å²) in [6, 6.07) is 0. The van der Waals surface area contributed by atoms with Gasteiger partial charge in [-0.2, -0.15) is 12.6 Å². The number of rotatable bonds is 5. The SMILES string of the molecule is O=C(O)C=CS.OCC(CO)(CO)CO. The molecule has 0 aromatic carbocycles. The van der Waals surface area contributed by atoms with E-state index >= 15 is 0 Å². The summed E-state index contributed by atoms with van der Waals surface area (Å²) < 4.78 is 0. The number of aliphatic carboxylic acids is 1. The minimum atomic E-state index is -1.11. The molecule has 0 bridgehead atoms. The van der Waals surface area contributed by atoms with Gasteiger partial charge < -0.3 is 25.5 Å². The highest BCUT2D eigenvalue weighted by Gasteiger charge is 2.26. The van der Waals surface area contributed by atoms with Gasteiger partial charge in [0.25, 0.3) is 0 Å². The molecule has 0 unspecified atom stereocenters. The number of thiol groups is 1. The average Bonchev–Trinajstić information content (AvgIpc) is 2.23. The zero-order valence-corrected chi connectivity index (χ0v) is 8.97. The van der Waals surface area contributed by atoms with E-state index in [0.29, 0.717) is 0 Å². The quantitative estimate of drug-likeness (QED) is 0.256. The molecule has 15 heavy (non-hydrogen) atoms. The predicted octanol–water partition coefficient (Wildman–Crippen LogP) is -1.54. The molecule has 0 amide bonds. The lowest BCUT2D eigenvalue weighted by Gasteiger charge is -2.23. The van der Waals surface area contributed by atoms with E-state index in [1.54, 1.807) is 0 Å². The number of carboxylic acid groups (broad SMARTS) is 1. The van der Waals surface area contributed by atoms with Gasteiger partial charge in [-0.1, -0.05) is 0 Å². The fourth-order valence-corrected chi connectivity index (χ4v) is 0.491. The van der Waals surface area contributed by atoms with Gasteiger partial charge in [-0.15, -0.1) is 0 Å². The first-order chi connectivity index (χ1) is 7.01. The van der Waals surface area contributed by atoms with Crippen molar-refractivity contribution < 1.29 is 30.3 Å². The summed E-state index contributed by atoms with van der Waals surface area (Å²) in [4.78, 5) is 9.46. The van der Waals surface area contributed by atoms with Gasteiger partial charge in [-0.05, 0) is 5.41 Å². The van der Waals surface area contributed by atoms with Gasteiger partial charge in [0.2, 0.25) is 0 Å². The second kappa shape index (κ2) is 9.94. The Morgan fingerprint density at radius 2 is 1.40 bits per heavy atom. The van der Waals surface area contributed by atoms with Crippen LogP contribution < -0.4 is 0 Å². The zero-order valence-electron chi connectivity index (χ0n) is 8.07. The van der Waals surface area contributed by atoms with E-state index in [4.69, 9.17) is 25.5 Å². The Bertz CT molecular complexity index is 172. The lowest BCUT2D eigenvalue weighted by molar-refractivity contribution is -0.131. The van der Waals surface area contributed by atoms with E-state index in [-0.39, 0.29) is 0 Å². The van der Waals surface area contributed by atoms with Crippen LogP contribution in [0.5, 0.6) is 0 Å². The van der Waals surface area contributed by atoms with Gasteiger partial charge in [0.15, 0.2) is 0 Å². The molecule has 5 N–H and O–H groups in total. The number of carbonyl (C=O) groups is 1. The molecule has 0 saturated carbocycles. The van der Waals surface area contributed by atoms with Gasteiger partial charge in [-0.3, -0.25) is 0 Å². The van der Waals surface area contributed by atoms with Crippen LogP contribution in [0.1, 0.15) is 0 Å². The van der Waals surface area contributed by atoms with Crippen LogP contribution in [0.2, 0.25) is 0 Å². The topological polar surface area (TPSA) is 118 Å². The first-order valence-corrected chi connectivity index (χ1v) is 4.50. The van der Waals surface area contributed by atoms with Crippen molar-refractivity contribution in [2.24, 2.45) is 5.41 Å². The molecule has 90 valence electrons. The normalized spacial score (nSPS) is 11.0. The third-order valence-electron chi connectivity index (χ3n) is 1.56. The van der Waals surface area contributed by atoms with Crippen molar-refractivity contribution in [2.75, 3.05) is 26.4 Å². The van der Waals surface area contributed by atoms with Gasteiger partial charge in [0.1, 0.15) is 0 Å². The highest BCUT2D eigenvalue weighted by molar-refractivity contribution is 7.83. The summed E-state index contributed by atoms with van der Waals surface area (Å²) in [7, 11) is 0. The Hall–Kier alpha value is -0.600. The van der Waals surface area contributed by atoms with Gasteiger partial charge >= 0.3 is 5.97 Å². The molecule has 0 spiro atoms. The summed E-state index contributed by atoms with van der Waals surface area (Å²) in [5.74, 6) is -0.968. The lowest BCUT2D eigenvalue weighted by atomic mass is 9.93. The van der Waals surface area contributed by atoms with E-state index < -0.39 is 37.8 Å². The Balaban J connectivity index is 0. The second-order valence-electron chi connectivity index (χ2n) is 2.79. The molecule has 0 heterocycles. The van der Waals surface area contributed by atoms with E-state index in [1.807, 2.05) is 0 Å². The second-order valence-corrected chi connectivity index (χ2v) is 3.08. The minimum absolute atomic E-state index is 0.406. The molecule has 0 rings (SSSR count). The summed E-state index contributed by atoms with van der Waals surface area (Å²) in [5.41, 5.74) is -1.11. The van der Waals surface area contributed by atoms with E-state index in [9.17, 15) is 4.79 Å². The number of aliphatic hydroxyl groups is 4. The standard InChI is InChI=1S/C5H12O4.C3H4O2S/c6-1-5(2-7,3-8)4-9;4-3(5)1-2-6/h6-9H,1-4H2;1-2,6H,(H,4,5). The molecule has 0 radical (unpaired) electrons. The molecule has 0 aliphatic heterocycles. The lowest BCUT2D eigenvalue weighted by Crippen LogP contribution is -2.37. The number of hydrogen-bond acceptors (Lipinski definition) is 6. The molecular weight excluding hydrogens is 224 g/mol. The zero-order chi connectivity index (χ0) is 12.3. The molecule has 0 saturated heterocycles. The Morgan fingerprint density at radius 1 is 1.07 bits per heavy atom. The number of aliphatic hydroxyl groups excluding tert-OH is 4. The monoisotopic (exact) mass is 240 g/mol. The molecular formula is C8H16O6S. The fourth-order valence-electron chi connectivity index (χ4n) is 0.364. The summed E-state index contributed by atoms with van der Waals surface area (Å²) >= 11 is 3.50. The van der Waals surface area contributed by atoms with Crippen LogP contribution in [-0.4, -0.2) is 57.9 Å². The van der Waals surface area contributed by atoms with E-state index in [2.05, 4.69) is 12.6 Å². The molecule has 0 fully saturated rings. The van der Waals surface area contributed by atoms with Crippen molar-refractivity contribution in [1.82, 2.24) is 0 Å². The van der Waals surface area contributed by atoms with Crippen LogP contribution >= 0.6 is 12.6 Å². The van der Waals surface area contributed by atoms with Crippen molar-refractivity contribution in [1.29, 1.82) is 0 Å². The van der Waals surface area contributed by atoms with Crippen molar-refractivity contribution in [3.63, 3.8) is 0 Å². The third-order valence-corrected chi connectivity index (χ3v) is 1.71. The average molecular weight is 240 g/mol. The third kappa shape index (κ3) is 8.40. The Morgan fingerprint density at radius 3 is 1.40 bits per heavy atom. The maximum Gasteiger partial charge on any atom is 0.328 e. The highest BCUT2D eigenvalue weighted by Crippen LogP contribution is 2.11. The maximum atomic E-state index is 9.46. The van der Waals surface area contributed by atoms with Gasteiger partial charge in [0, 0.05) is 6.08 Å². The summed E-state index contributed by atoms with van der Waals surface area (Å²) in [5, 5.41) is 42.9. The first-order valence-electron chi connectivity index (χ1n) is 3.99. The van der Waals surface area contributed by atoms with Gasteiger partial charge in [0.05, 0.1) is 31.8 Å². The fraction of sp³-hybridized carbons (Fsp3) is 0.625. The molecule has 0 aromatic rings. The van der Waals surface area contributed by atoms with Crippen molar-refractivity contribution in [3.05, 3.63) is 11.5 Å². The number of carboxylic acids is 1. The smallest absolute Gasteiger partial charge is 0.328 e. The highest BCUT2D eigenvalue weighted by atomic mass is 32.1. The molecule has 6 nitrogen and oxygen atoms in total.